The van der Waals surface area contributed by atoms with Crippen LogP contribution in [0, 0.1) is 0 Å². The number of carbonyl (C=O) groups excluding carboxylic acids is 1. The van der Waals surface area contributed by atoms with Gasteiger partial charge in [0.05, 0.1) is 6.26 Å². The standard InChI is InChI=1S/C14H21NO3/c1-4-9-15-14(2,3)11-18-13(16)8-7-12-6-5-10-17-12/h5-8,10,15H,4,9,11H2,1-3H3/b8-7+. The van der Waals surface area contributed by atoms with Crippen LogP contribution >= 0.6 is 0 Å². The first-order valence-electron chi connectivity index (χ1n) is 6.17. The highest BCUT2D eigenvalue weighted by Crippen LogP contribution is 2.05. The fourth-order valence-electron chi connectivity index (χ4n) is 1.35. The van der Waals surface area contributed by atoms with Crippen molar-refractivity contribution in [2.75, 3.05) is 13.2 Å². The van der Waals surface area contributed by atoms with Crippen LogP contribution in [0.25, 0.3) is 6.08 Å². The minimum absolute atomic E-state index is 0.204. The van der Waals surface area contributed by atoms with E-state index < -0.39 is 0 Å². The van der Waals surface area contributed by atoms with Crippen molar-refractivity contribution in [1.82, 2.24) is 5.32 Å². The third-order valence-corrected chi connectivity index (χ3v) is 2.36. The molecule has 0 saturated carbocycles. The summed E-state index contributed by atoms with van der Waals surface area (Å²) in [5.74, 6) is 0.271. The SMILES string of the molecule is CCCNC(C)(C)COC(=O)/C=C/c1ccco1. The molecule has 0 unspecified atom stereocenters. The smallest absolute Gasteiger partial charge is 0.330 e. The van der Waals surface area contributed by atoms with Gasteiger partial charge in [0.2, 0.25) is 0 Å². The lowest BCUT2D eigenvalue weighted by molar-refractivity contribution is -0.139. The molecule has 4 nitrogen and oxygen atoms in total. The number of furan rings is 1. The summed E-state index contributed by atoms with van der Waals surface area (Å²) in [5.41, 5.74) is -0.204. The van der Waals surface area contributed by atoms with Gasteiger partial charge in [0.25, 0.3) is 0 Å². The van der Waals surface area contributed by atoms with Crippen LogP contribution in [-0.4, -0.2) is 24.7 Å². The first-order valence-corrected chi connectivity index (χ1v) is 6.17. The zero-order valence-electron chi connectivity index (χ0n) is 11.2. The summed E-state index contributed by atoms with van der Waals surface area (Å²) in [6.45, 7) is 7.36. The van der Waals surface area contributed by atoms with E-state index in [9.17, 15) is 4.79 Å². The monoisotopic (exact) mass is 251 g/mol. The molecule has 1 heterocycles. The van der Waals surface area contributed by atoms with Gasteiger partial charge in [-0.2, -0.15) is 0 Å². The van der Waals surface area contributed by atoms with E-state index in [0.29, 0.717) is 12.4 Å². The van der Waals surface area contributed by atoms with Gasteiger partial charge >= 0.3 is 5.97 Å². The van der Waals surface area contributed by atoms with Crippen molar-refractivity contribution in [3.63, 3.8) is 0 Å². The molecule has 0 fully saturated rings. The normalized spacial score (nSPS) is 11.9. The van der Waals surface area contributed by atoms with Crippen LogP contribution < -0.4 is 5.32 Å². The second-order valence-electron chi connectivity index (χ2n) is 4.77. The maximum absolute atomic E-state index is 11.5. The summed E-state index contributed by atoms with van der Waals surface area (Å²) < 4.78 is 10.2. The Kier molecular flexibility index (Phi) is 5.65. The molecular weight excluding hydrogens is 230 g/mol. The molecule has 1 aromatic rings. The summed E-state index contributed by atoms with van der Waals surface area (Å²) in [4.78, 5) is 11.5. The van der Waals surface area contributed by atoms with Crippen molar-refractivity contribution in [2.24, 2.45) is 0 Å². The Morgan fingerprint density at radius 2 is 2.33 bits per heavy atom. The molecule has 0 aliphatic carbocycles. The predicted octanol–water partition coefficient (Wildman–Crippen LogP) is 2.61. The minimum Gasteiger partial charge on any atom is -0.465 e. The van der Waals surface area contributed by atoms with Crippen LogP contribution in [0.1, 0.15) is 33.0 Å². The van der Waals surface area contributed by atoms with Crippen LogP contribution in [0.4, 0.5) is 0 Å². The van der Waals surface area contributed by atoms with E-state index in [4.69, 9.17) is 9.15 Å². The molecule has 0 amide bonds. The molecule has 100 valence electrons. The van der Waals surface area contributed by atoms with Crippen molar-refractivity contribution >= 4 is 12.0 Å². The van der Waals surface area contributed by atoms with Gasteiger partial charge in [-0.05, 0) is 45.0 Å². The zero-order valence-corrected chi connectivity index (χ0v) is 11.2. The molecule has 0 saturated heterocycles. The number of hydrogen-bond acceptors (Lipinski definition) is 4. The maximum Gasteiger partial charge on any atom is 0.330 e. The first kappa shape index (κ1) is 14.5. The number of nitrogens with one attached hydrogen (secondary N) is 1. The molecule has 0 radical (unpaired) electrons. The van der Waals surface area contributed by atoms with Crippen molar-refractivity contribution in [2.45, 2.75) is 32.7 Å². The van der Waals surface area contributed by atoms with Gasteiger partial charge < -0.3 is 14.5 Å². The highest BCUT2D eigenvalue weighted by atomic mass is 16.5. The number of esters is 1. The quantitative estimate of drug-likeness (QED) is 0.598. The van der Waals surface area contributed by atoms with E-state index in [1.165, 1.54) is 6.08 Å². The largest absolute Gasteiger partial charge is 0.465 e. The van der Waals surface area contributed by atoms with Crippen LogP contribution in [-0.2, 0) is 9.53 Å². The fourth-order valence-corrected chi connectivity index (χ4v) is 1.35. The van der Waals surface area contributed by atoms with E-state index in [-0.39, 0.29) is 11.5 Å². The average Bonchev–Trinajstić information content (AvgIpc) is 2.84. The Morgan fingerprint density at radius 3 is 2.94 bits per heavy atom. The maximum atomic E-state index is 11.5. The van der Waals surface area contributed by atoms with Gasteiger partial charge in [0.1, 0.15) is 12.4 Å². The third-order valence-electron chi connectivity index (χ3n) is 2.36. The highest BCUT2D eigenvalue weighted by molar-refractivity contribution is 5.86. The van der Waals surface area contributed by atoms with Crippen LogP contribution in [0.2, 0.25) is 0 Å². The topological polar surface area (TPSA) is 51.5 Å². The summed E-state index contributed by atoms with van der Waals surface area (Å²) in [6, 6.07) is 3.54. The lowest BCUT2D eigenvalue weighted by Gasteiger charge is -2.25. The number of hydrogen-bond donors (Lipinski definition) is 1. The second kappa shape index (κ2) is 7.01. The lowest BCUT2D eigenvalue weighted by Crippen LogP contribution is -2.44. The van der Waals surface area contributed by atoms with E-state index in [1.807, 2.05) is 13.8 Å². The van der Waals surface area contributed by atoms with Gasteiger partial charge in [0.15, 0.2) is 0 Å². The minimum atomic E-state index is -0.363. The van der Waals surface area contributed by atoms with Crippen LogP contribution in [0.3, 0.4) is 0 Å². The molecule has 0 aliphatic heterocycles. The Bertz CT molecular complexity index is 380. The van der Waals surface area contributed by atoms with Crippen molar-refractivity contribution < 1.29 is 13.9 Å². The molecule has 1 aromatic heterocycles. The summed E-state index contributed by atoms with van der Waals surface area (Å²) in [6.07, 6.45) is 5.57. The van der Waals surface area contributed by atoms with Crippen LogP contribution in [0.5, 0.6) is 0 Å². The van der Waals surface area contributed by atoms with E-state index in [2.05, 4.69) is 12.2 Å². The van der Waals surface area contributed by atoms with Gasteiger partial charge in [-0.3, -0.25) is 0 Å². The molecule has 0 spiro atoms. The molecule has 1 rings (SSSR count). The highest BCUT2D eigenvalue weighted by Gasteiger charge is 2.18. The molecular formula is C14H21NO3. The molecule has 0 aliphatic rings. The molecule has 0 bridgehead atoms. The van der Waals surface area contributed by atoms with Gasteiger partial charge in [-0.25, -0.2) is 4.79 Å². The van der Waals surface area contributed by atoms with Gasteiger partial charge in [0, 0.05) is 11.6 Å². The van der Waals surface area contributed by atoms with Gasteiger partial charge in [-0.1, -0.05) is 6.92 Å². The zero-order chi connectivity index (χ0) is 13.4. The fraction of sp³-hybridized carbons (Fsp3) is 0.500. The summed E-state index contributed by atoms with van der Waals surface area (Å²) in [5, 5.41) is 3.31. The van der Waals surface area contributed by atoms with Crippen molar-refractivity contribution in [1.29, 1.82) is 0 Å². The Labute approximate surface area is 108 Å². The van der Waals surface area contributed by atoms with Gasteiger partial charge in [-0.15, -0.1) is 0 Å². The number of ether oxygens (including phenoxy) is 1. The van der Waals surface area contributed by atoms with E-state index in [1.54, 1.807) is 24.5 Å². The predicted molar refractivity (Wildman–Crippen MR) is 71.1 cm³/mol. The summed E-state index contributed by atoms with van der Waals surface area (Å²) >= 11 is 0. The van der Waals surface area contributed by atoms with Crippen LogP contribution in [0.15, 0.2) is 28.9 Å². The number of rotatable bonds is 7. The molecule has 1 N–H and O–H groups in total. The average molecular weight is 251 g/mol. The first-order chi connectivity index (χ1) is 8.53. The Morgan fingerprint density at radius 1 is 1.56 bits per heavy atom. The molecule has 18 heavy (non-hydrogen) atoms. The van der Waals surface area contributed by atoms with Crippen molar-refractivity contribution in [3.8, 4) is 0 Å². The molecule has 0 aromatic carbocycles. The van der Waals surface area contributed by atoms with E-state index in [0.717, 1.165) is 13.0 Å². The molecule has 0 atom stereocenters. The third kappa shape index (κ3) is 5.68. The molecule has 4 heteroatoms. The Hall–Kier alpha value is -1.55. The lowest BCUT2D eigenvalue weighted by atomic mass is 10.1. The second-order valence-corrected chi connectivity index (χ2v) is 4.77. The van der Waals surface area contributed by atoms with Crippen molar-refractivity contribution in [3.05, 3.63) is 30.2 Å². The Balaban J connectivity index is 2.32. The van der Waals surface area contributed by atoms with E-state index >= 15 is 0 Å². The summed E-state index contributed by atoms with van der Waals surface area (Å²) in [7, 11) is 0. The number of carbonyl (C=O) groups is 1.